The van der Waals surface area contributed by atoms with E-state index in [2.05, 4.69) is 125 Å². The van der Waals surface area contributed by atoms with Gasteiger partial charge in [0.05, 0.1) is 39.8 Å². The maximum atomic E-state index is 5.48. The molecule has 1 aliphatic rings. The van der Waals surface area contributed by atoms with Crippen molar-refractivity contribution in [1.82, 2.24) is 39.9 Å². The molecule has 3 aromatic heterocycles. The third kappa shape index (κ3) is 9.08. The van der Waals surface area contributed by atoms with Crippen molar-refractivity contribution in [3.63, 3.8) is 0 Å². The van der Waals surface area contributed by atoms with Gasteiger partial charge in [0.1, 0.15) is 0 Å². The highest BCUT2D eigenvalue weighted by atomic mass is 15.3. The third-order valence-electron chi connectivity index (χ3n) is 14.1. The molecule has 0 N–H and O–H groups in total. The lowest BCUT2D eigenvalue weighted by atomic mass is 9.93. The van der Waals surface area contributed by atoms with Gasteiger partial charge in [-0.25, -0.2) is 29.9 Å². The highest BCUT2D eigenvalue weighted by Crippen LogP contribution is 2.57. The van der Waals surface area contributed by atoms with E-state index in [0.717, 1.165) is 95.5 Å². The van der Waals surface area contributed by atoms with Crippen molar-refractivity contribution in [1.29, 1.82) is 0 Å². The van der Waals surface area contributed by atoms with Crippen molar-refractivity contribution in [3.8, 4) is 102 Å². The summed E-state index contributed by atoms with van der Waals surface area (Å²) in [5.41, 5.74) is 14.6. The quantitative estimate of drug-likeness (QED) is 0.124. The van der Waals surface area contributed by atoms with Gasteiger partial charge in [-0.3, -0.25) is 4.90 Å². The van der Waals surface area contributed by atoms with Crippen LogP contribution in [0.4, 0.5) is 34.4 Å². The summed E-state index contributed by atoms with van der Waals surface area (Å²) in [6.45, 7) is 0. The largest absolute Gasteiger partial charge is 0.305 e. The van der Waals surface area contributed by atoms with Crippen LogP contribution in [0.1, 0.15) is 0 Å². The molecule has 0 spiro atoms. The van der Waals surface area contributed by atoms with Crippen LogP contribution in [0.25, 0.3) is 102 Å². The van der Waals surface area contributed by atoms with Crippen LogP contribution < -0.4 is 9.80 Å². The number of hydrogen-bond acceptors (Lipinski definition) is 10. The smallest absolute Gasteiger partial charge is 0.238 e. The molecule has 10 aromatic carbocycles. The SMILES string of the molecule is c1ccc(-c2cc(-c3ccccc3)nc(-c3cc(-c4ccccc4)c(N4c5ccccc5N(c5nc(-c6ccccc6)nc(-c6ccccc6)n5)c5ccccc54)c(-c4nc(-c5ccccc5)nc(-c5ccccc5)n4)c3)n2)cc1. The standard InChI is InChI=1S/C70H46N10/c1-8-26-47(27-9-1)55-44-54(68-71-57(48-28-10-2-11-29-48)46-58(72-68)49-30-12-3-13-31-49)45-56(69-75-64(50-32-14-4-15-33-50)73-65(76-69)51-34-16-5-17-35-51)63(55)79-59-40-22-24-42-61(59)80(62-43-25-23-41-60(62)79)70-77-66(52-36-18-6-19-37-52)74-67(78-70)53-38-20-7-21-39-53/h1-46H. The molecule has 0 atom stereocenters. The monoisotopic (exact) mass is 1030 g/mol. The van der Waals surface area contributed by atoms with E-state index in [1.54, 1.807) is 0 Å². The Kier molecular flexibility index (Phi) is 12.3. The first kappa shape index (κ1) is 47.4. The van der Waals surface area contributed by atoms with Crippen molar-refractivity contribution >= 4 is 34.4 Å². The van der Waals surface area contributed by atoms with E-state index < -0.39 is 0 Å². The van der Waals surface area contributed by atoms with Crippen molar-refractivity contribution in [3.05, 3.63) is 279 Å². The van der Waals surface area contributed by atoms with Gasteiger partial charge >= 0.3 is 0 Å². The Morgan fingerprint density at radius 1 is 0.200 bits per heavy atom. The Balaban J connectivity index is 1.07. The zero-order chi connectivity index (χ0) is 53.2. The highest BCUT2D eigenvalue weighted by molar-refractivity contribution is 6.07. The zero-order valence-electron chi connectivity index (χ0n) is 43.0. The lowest BCUT2D eigenvalue weighted by molar-refractivity contribution is 1.01. The lowest BCUT2D eigenvalue weighted by Gasteiger charge is -2.40. The molecule has 0 saturated heterocycles. The van der Waals surface area contributed by atoms with Crippen LogP contribution in [0.15, 0.2) is 279 Å². The van der Waals surface area contributed by atoms with Crippen molar-refractivity contribution < 1.29 is 0 Å². The maximum absolute atomic E-state index is 5.48. The Hall–Kier alpha value is -11.1. The Morgan fingerprint density at radius 2 is 0.487 bits per heavy atom. The maximum Gasteiger partial charge on any atom is 0.238 e. The van der Waals surface area contributed by atoms with E-state index >= 15 is 0 Å². The average molecular weight is 1030 g/mol. The fraction of sp³-hybridized carbons (Fsp3) is 0. The van der Waals surface area contributed by atoms with E-state index in [9.17, 15) is 0 Å². The van der Waals surface area contributed by atoms with Gasteiger partial charge in [-0.15, -0.1) is 0 Å². The van der Waals surface area contributed by atoms with Gasteiger partial charge < -0.3 is 4.90 Å². The van der Waals surface area contributed by atoms with Crippen molar-refractivity contribution in [2.24, 2.45) is 0 Å². The van der Waals surface area contributed by atoms with Gasteiger partial charge in [-0.2, -0.15) is 9.97 Å². The predicted octanol–water partition coefficient (Wildman–Crippen LogP) is 17.1. The predicted molar refractivity (Wildman–Crippen MR) is 321 cm³/mol. The molecule has 10 nitrogen and oxygen atoms in total. The molecule has 0 unspecified atom stereocenters. The Labute approximate surface area is 462 Å². The highest BCUT2D eigenvalue weighted by Gasteiger charge is 2.36. The van der Waals surface area contributed by atoms with Crippen LogP contribution in [-0.2, 0) is 0 Å². The van der Waals surface area contributed by atoms with E-state index in [-0.39, 0.29) is 0 Å². The lowest BCUT2D eigenvalue weighted by Crippen LogP contribution is -2.26. The number of fused-ring (bicyclic) bond motifs is 2. The summed E-state index contributed by atoms with van der Waals surface area (Å²) in [7, 11) is 0. The van der Waals surface area contributed by atoms with Crippen molar-refractivity contribution in [2.45, 2.75) is 0 Å². The van der Waals surface area contributed by atoms with Crippen LogP contribution in [0, 0.1) is 0 Å². The van der Waals surface area contributed by atoms with E-state index in [1.807, 2.05) is 164 Å². The summed E-state index contributed by atoms with van der Waals surface area (Å²) in [5, 5.41) is 0. The summed E-state index contributed by atoms with van der Waals surface area (Å²) >= 11 is 0. The second-order valence-corrected chi connectivity index (χ2v) is 19.2. The van der Waals surface area contributed by atoms with Gasteiger partial charge in [-0.1, -0.05) is 237 Å². The molecule has 14 rings (SSSR count). The molecule has 1 aliphatic heterocycles. The van der Waals surface area contributed by atoms with Gasteiger partial charge in [0.15, 0.2) is 34.9 Å². The second-order valence-electron chi connectivity index (χ2n) is 19.2. The van der Waals surface area contributed by atoms with Crippen LogP contribution in [0.2, 0.25) is 0 Å². The minimum atomic E-state index is 0.462. The number of benzene rings is 10. The molecule has 13 aromatic rings. The summed E-state index contributed by atoms with van der Waals surface area (Å²) < 4.78 is 0. The first-order chi connectivity index (χ1) is 39.7. The fourth-order valence-electron chi connectivity index (χ4n) is 10.3. The van der Waals surface area contributed by atoms with Gasteiger partial charge in [0.2, 0.25) is 5.95 Å². The first-order valence-corrected chi connectivity index (χ1v) is 26.4. The van der Waals surface area contributed by atoms with Gasteiger partial charge in [0, 0.05) is 50.1 Å². The molecule has 376 valence electrons. The number of para-hydroxylation sites is 4. The first-order valence-electron chi connectivity index (χ1n) is 26.4. The summed E-state index contributed by atoms with van der Waals surface area (Å²) in [6.07, 6.45) is 0. The van der Waals surface area contributed by atoms with E-state index in [1.165, 1.54) is 0 Å². The van der Waals surface area contributed by atoms with E-state index in [4.69, 9.17) is 39.9 Å². The molecule has 80 heavy (non-hydrogen) atoms. The average Bonchev–Trinajstić information content (AvgIpc) is 3.64. The van der Waals surface area contributed by atoms with Crippen LogP contribution in [-0.4, -0.2) is 39.9 Å². The molecule has 0 radical (unpaired) electrons. The molecule has 0 bridgehead atoms. The molecule has 0 aliphatic carbocycles. The third-order valence-corrected chi connectivity index (χ3v) is 14.1. The Bertz CT molecular complexity index is 4120. The summed E-state index contributed by atoms with van der Waals surface area (Å²) in [4.78, 5) is 47.1. The minimum Gasteiger partial charge on any atom is -0.305 e. The Morgan fingerprint density at radius 3 is 0.875 bits per heavy atom. The van der Waals surface area contributed by atoms with Crippen LogP contribution >= 0.6 is 0 Å². The molecular weight excluding hydrogens is 981 g/mol. The number of anilines is 6. The normalized spacial score (nSPS) is 11.7. The number of aromatic nitrogens is 8. The van der Waals surface area contributed by atoms with E-state index in [0.29, 0.717) is 40.9 Å². The molecule has 0 fully saturated rings. The second kappa shape index (κ2) is 20.8. The molecule has 0 amide bonds. The van der Waals surface area contributed by atoms with Gasteiger partial charge in [0.25, 0.3) is 0 Å². The van der Waals surface area contributed by atoms with Crippen LogP contribution in [0.3, 0.4) is 0 Å². The fourth-order valence-corrected chi connectivity index (χ4v) is 10.3. The minimum absolute atomic E-state index is 0.462. The van der Waals surface area contributed by atoms with Crippen LogP contribution in [0.5, 0.6) is 0 Å². The zero-order valence-corrected chi connectivity index (χ0v) is 43.0. The molecular formula is C70H46N10. The summed E-state index contributed by atoms with van der Waals surface area (Å²) in [6, 6.07) is 94.6. The van der Waals surface area contributed by atoms with Crippen molar-refractivity contribution in [2.75, 3.05) is 9.80 Å². The topological polar surface area (TPSA) is 110 Å². The number of rotatable bonds is 11. The number of hydrogen-bond donors (Lipinski definition) is 0. The molecule has 0 saturated carbocycles. The van der Waals surface area contributed by atoms with Gasteiger partial charge in [-0.05, 0) is 48.0 Å². The summed E-state index contributed by atoms with van der Waals surface area (Å²) in [5.74, 6) is 3.66. The number of nitrogens with zero attached hydrogens (tertiary/aromatic N) is 10. The molecule has 4 heterocycles. The molecule has 10 heteroatoms.